The number of aromatic amines is 1. The molecule has 8 nitrogen and oxygen atoms in total. The van der Waals surface area contributed by atoms with E-state index in [9.17, 15) is 22.4 Å². The first-order chi connectivity index (χ1) is 20.0. The second-order valence-corrected chi connectivity index (χ2v) is 10.7. The number of nitrogens with one attached hydrogen (secondary N) is 1. The van der Waals surface area contributed by atoms with Gasteiger partial charge in [0.1, 0.15) is 17.3 Å². The number of nitrogen functional groups attached to an aromatic ring is 1. The van der Waals surface area contributed by atoms with E-state index < -0.39 is 23.9 Å². The van der Waals surface area contributed by atoms with E-state index in [-0.39, 0.29) is 40.5 Å². The lowest BCUT2D eigenvalue weighted by molar-refractivity contribution is -0.147. The molecule has 2 aliphatic rings. The zero-order chi connectivity index (χ0) is 29.8. The van der Waals surface area contributed by atoms with E-state index in [4.69, 9.17) is 22.1 Å². The van der Waals surface area contributed by atoms with Crippen LogP contribution >= 0.6 is 11.6 Å². The van der Waals surface area contributed by atoms with Crippen LogP contribution < -0.4 is 10.5 Å². The number of alkyl halides is 3. The molecule has 1 fully saturated rings. The van der Waals surface area contributed by atoms with Crippen molar-refractivity contribution in [1.29, 1.82) is 0 Å². The van der Waals surface area contributed by atoms with Gasteiger partial charge in [0, 0.05) is 36.1 Å². The normalized spacial score (nSPS) is 18.8. The lowest BCUT2D eigenvalue weighted by atomic mass is 9.92. The zero-order valence-electron chi connectivity index (χ0n) is 22.3. The number of fused-ring (bicyclic) bond motifs is 1. The Balaban J connectivity index is 1.26. The van der Waals surface area contributed by atoms with Crippen molar-refractivity contribution in [3.8, 4) is 17.1 Å². The van der Waals surface area contributed by atoms with Crippen LogP contribution in [-0.4, -0.2) is 43.5 Å². The topological polar surface area (TPSA) is 102 Å². The number of carbonyl (C=O) groups is 1. The average Bonchev–Trinajstić information content (AvgIpc) is 3.69. The van der Waals surface area contributed by atoms with Gasteiger partial charge in [-0.05, 0) is 54.7 Å². The number of H-pyrrole nitrogens is 1. The fourth-order valence-corrected chi connectivity index (χ4v) is 5.90. The molecule has 1 saturated heterocycles. The van der Waals surface area contributed by atoms with Gasteiger partial charge >= 0.3 is 6.18 Å². The van der Waals surface area contributed by atoms with E-state index in [1.807, 2.05) is 0 Å². The third-order valence-electron chi connectivity index (χ3n) is 7.69. The molecule has 2 aromatic heterocycles. The van der Waals surface area contributed by atoms with Crippen molar-refractivity contribution in [2.24, 2.45) is 0 Å². The summed E-state index contributed by atoms with van der Waals surface area (Å²) in [5.41, 5.74) is 7.82. The largest absolute Gasteiger partial charge is 0.497 e. The minimum atomic E-state index is -4.68. The maximum absolute atomic E-state index is 14.8. The number of nitrogens with zero attached hydrogens (tertiary/aromatic N) is 4. The van der Waals surface area contributed by atoms with Crippen molar-refractivity contribution in [1.82, 2.24) is 24.4 Å². The SMILES string of the molecule is COc1ccc(Cn2cc(-c3cnc([C@@H]4CC[C@@H]5CC(c6c(N)ccc(Cl)c6F)=CC(=O)N54)[nH]3)nc2C(F)(F)F)cc1. The summed E-state index contributed by atoms with van der Waals surface area (Å²) in [6.07, 6.45) is 0.996. The lowest BCUT2D eigenvalue weighted by Crippen LogP contribution is -2.39. The summed E-state index contributed by atoms with van der Waals surface area (Å²) < 4.78 is 62.6. The minimum absolute atomic E-state index is 0.0498. The number of imidazole rings is 2. The number of nitrogens with two attached hydrogens (primary N) is 1. The van der Waals surface area contributed by atoms with E-state index in [0.717, 1.165) is 4.57 Å². The van der Waals surface area contributed by atoms with Crippen LogP contribution in [0.3, 0.4) is 0 Å². The summed E-state index contributed by atoms with van der Waals surface area (Å²) in [4.78, 5) is 26.3. The molecule has 218 valence electrons. The molecule has 3 N–H and O–H groups in total. The summed E-state index contributed by atoms with van der Waals surface area (Å²) in [6, 6.07) is 8.94. The number of benzene rings is 2. The molecule has 0 spiro atoms. The smallest absolute Gasteiger partial charge is 0.449 e. The van der Waals surface area contributed by atoms with E-state index >= 15 is 0 Å². The fraction of sp³-hybridized carbons (Fsp3) is 0.276. The van der Waals surface area contributed by atoms with E-state index in [1.54, 1.807) is 29.2 Å². The molecule has 0 aliphatic carbocycles. The molecule has 2 aromatic carbocycles. The number of hydrogen-bond donors (Lipinski definition) is 2. The molecular formula is C29H25ClF4N6O2. The first kappa shape index (κ1) is 27.8. The van der Waals surface area contributed by atoms with Gasteiger partial charge in [-0.15, -0.1) is 0 Å². The number of halogens is 5. The number of anilines is 1. The summed E-state index contributed by atoms with van der Waals surface area (Å²) in [7, 11) is 1.51. The molecule has 4 heterocycles. The van der Waals surface area contributed by atoms with Gasteiger partial charge in [-0.25, -0.2) is 14.4 Å². The maximum Gasteiger partial charge on any atom is 0.449 e. The van der Waals surface area contributed by atoms with Gasteiger partial charge < -0.3 is 24.9 Å². The van der Waals surface area contributed by atoms with Crippen LogP contribution in [0, 0.1) is 5.82 Å². The number of methoxy groups -OCH3 is 1. The summed E-state index contributed by atoms with van der Waals surface area (Å²) in [6.45, 7) is -0.0498. The summed E-state index contributed by atoms with van der Waals surface area (Å²) in [5.74, 6) is -1.01. The standard InChI is InChI=1S/C29H25ClF4N6O2/c1-42-18-5-2-15(3-6-18)13-39-14-22(38-28(39)29(32,33)34)21-12-36-27(37-21)23-9-4-17-10-16(11-24(41)40(17)23)25-20(35)8-7-19(30)26(25)31/h2-3,5-8,11-12,14,17,23H,4,9-10,13,35H2,1H3,(H,36,37)/t17-,23+/m1/s1. The minimum Gasteiger partial charge on any atom is -0.497 e. The lowest BCUT2D eigenvalue weighted by Gasteiger charge is -2.33. The Morgan fingerprint density at radius 2 is 1.93 bits per heavy atom. The van der Waals surface area contributed by atoms with Gasteiger partial charge in [-0.1, -0.05) is 23.7 Å². The number of aromatic nitrogens is 4. The highest BCUT2D eigenvalue weighted by molar-refractivity contribution is 6.31. The Labute approximate surface area is 242 Å². The van der Waals surface area contributed by atoms with Crippen LogP contribution in [0.5, 0.6) is 5.75 Å². The number of hydrogen-bond acceptors (Lipinski definition) is 5. The number of carbonyl (C=O) groups excluding carboxylic acids is 1. The Kier molecular flexibility index (Phi) is 6.96. The first-order valence-corrected chi connectivity index (χ1v) is 13.5. The van der Waals surface area contributed by atoms with Crippen LogP contribution in [0.15, 0.2) is 54.9 Å². The number of rotatable bonds is 6. The quantitative estimate of drug-likeness (QED) is 0.201. The monoisotopic (exact) mass is 600 g/mol. The molecule has 13 heteroatoms. The molecule has 2 atom stereocenters. The fourth-order valence-electron chi connectivity index (χ4n) is 5.74. The number of amides is 1. The molecule has 4 aromatic rings. The third kappa shape index (κ3) is 5.00. The summed E-state index contributed by atoms with van der Waals surface area (Å²) >= 11 is 5.96. The Morgan fingerprint density at radius 3 is 2.64 bits per heavy atom. The predicted molar refractivity (Wildman–Crippen MR) is 148 cm³/mol. The predicted octanol–water partition coefficient (Wildman–Crippen LogP) is 6.24. The zero-order valence-corrected chi connectivity index (χ0v) is 23.0. The maximum atomic E-state index is 14.8. The molecule has 6 rings (SSSR count). The van der Waals surface area contributed by atoms with Gasteiger partial charge in [-0.3, -0.25) is 4.79 Å². The Morgan fingerprint density at radius 1 is 1.17 bits per heavy atom. The average molecular weight is 601 g/mol. The van der Waals surface area contributed by atoms with Crippen molar-refractivity contribution in [3.63, 3.8) is 0 Å². The van der Waals surface area contributed by atoms with Gasteiger partial charge in [0.2, 0.25) is 11.7 Å². The van der Waals surface area contributed by atoms with Gasteiger partial charge in [-0.2, -0.15) is 13.2 Å². The van der Waals surface area contributed by atoms with Crippen LogP contribution in [0.4, 0.5) is 23.2 Å². The second kappa shape index (κ2) is 10.5. The van der Waals surface area contributed by atoms with Crippen molar-refractivity contribution in [2.75, 3.05) is 12.8 Å². The van der Waals surface area contributed by atoms with Crippen LogP contribution in [-0.2, 0) is 17.5 Å². The van der Waals surface area contributed by atoms with E-state index in [1.165, 1.54) is 37.7 Å². The van der Waals surface area contributed by atoms with Crippen LogP contribution in [0.2, 0.25) is 5.02 Å². The van der Waals surface area contributed by atoms with Crippen molar-refractivity contribution in [2.45, 2.75) is 44.1 Å². The highest BCUT2D eigenvalue weighted by atomic mass is 35.5. The molecule has 1 amide bonds. The highest BCUT2D eigenvalue weighted by Crippen LogP contribution is 2.44. The molecule has 0 unspecified atom stereocenters. The third-order valence-corrected chi connectivity index (χ3v) is 7.98. The highest BCUT2D eigenvalue weighted by Gasteiger charge is 2.42. The van der Waals surface area contributed by atoms with Gasteiger partial charge in [0.15, 0.2) is 5.82 Å². The van der Waals surface area contributed by atoms with Crippen LogP contribution in [0.25, 0.3) is 17.0 Å². The second-order valence-electron chi connectivity index (χ2n) is 10.3. The molecule has 0 bridgehead atoms. The van der Waals surface area contributed by atoms with E-state index in [0.29, 0.717) is 47.7 Å². The molecule has 0 saturated carbocycles. The molecule has 0 radical (unpaired) electrons. The number of ether oxygens (including phenoxy) is 1. The summed E-state index contributed by atoms with van der Waals surface area (Å²) in [5, 5.41) is -0.0810. The molecular weight excluding hydrogens is 576 g/mol. The van der Waals surface area contributed by atoms with Crippen molar-refractivity contribution >= 4 is 28.8 Å². The van der Waals surface area contributed by atoms with Crippen molar-refractivity contribution in [3.05, 3.63) is 88.5 Å². The molecule has 2 aliphatic heterocycles. The van der Waals surface area contributed by atoms with Gasteiger partial charge in [0.25, 0.3) is 0 Å². The van der Waals surface area contributed by atoms with Crippen molar-refractivity contribution < 1.29 is 27.1 Å². The Bertz CT molecular complexity index is 1700. The molecule has 42 heavy (non-hydrogen) atoms. The van der Waals surface area contributed by atoms with Gasteiger partial charge in [0.05, 0.1) is 30.1 Å². The first-order valence-electron chi connectivity index (χ1n) is 13.1. The Hall–Kier alpha value is -4.32. The van der Waals surface area contributed by atoms with Crippen LogP contribution in [0.1, 0.15) is 48.1 Å². The van der Waals surface area contributed by atoms with E-state index in [2.05, 4.69) is 15.0 Å².